The Morgan fingerprint density at radius 3 is 2.87 bits per heavy atom. The third-order valence-corrected chi connectivity index (χ3v) is 3.32. The van der Waals surface area contributed by atoms with Gasteiger partial charge < -0.3 is 10.5 Å². The van der Waals surface area contributed by atoms with Crippen molar-refractivity contribution < 1.29 is 4.74 Å². The number of anilines is 1. The van der Waals surface area contributed by atoms with Gasteiger partial charge in [-0.25, -0.2) is 4.98 Å². The molecular weight excluding hydrogens is 276 g/mol. The summed E-state index contributed by atoms with van der Waals surface area (Å²) >= 11 is 4.80. The summed E-state index contributed by atoms with van der Waals surface area (Å²) in [5.74, 6) is 0. The molecule has 0 amide bonds. The van der Waals surface area contributed by atoms with E-state index in [9.17, 15) is 0 Å². The molecule has 0 unspecified atom stereocenters. The van der Waals surface area contributed by atoms with E-state index in [4.69, 9.17) is 10.5 Å². The molecular formula is C10H9BrN2OS. The smallest absolute Gasteiger partial charge is 0.275 e. The number of nitrogen functional groups attached to an aromatic ring is 1. The number of aromatic nitrogens is 1. The van der Waals surface area contributed by atoms with E-state index in [1.165, 1.54) is 11.3 Å². The van der Waals surface area contributed by atoms with Gasteiger partial charge in [-0.1, -0.05) is 45.5 Å². The monoisotopic (exact) mass is 284 g/mol. The molecule has 0 bridgehead atoms. The van der Waals surface area contributed by atoms with Crippen LogP contribution in [-0.2, 0) is 6.61 Å². The van der Waals surface area contributed by atoms with E-state index in [0.29, 0.717) is 16.8 Å². The first-order valence-corrected chi connectivity index (χ1v) is 5.94. The fourth-order valence-corrected chi connectivity index (χ4v) is 2.02. The highest BCUT2D eigenvalue weighted by Crippen LogP contribution is 2.24. The van der Waals surface area contributed by atoms with E-state index in [1.54, 1.807) is 6.20 Å². The van der Waals surface area contributed by atoms with Crippen LogP contribution in [0.3, 0.4) is 0 Å². The lowest BCUT2D eigenvalue weighted by Gasteiger charge is -2.04. The minimum absolute atomic E-state index is 0.494. The van der Waals surface area contributed by atoms with Gasteiger partial charge >= 0.3 is 0 Å². The van der Waals surface area contributed by atoms with Crippen molar-refractivity contribution in [3.63, 3.8) is 0 Å². The summed E-state index contributed by atoms with van der Waals surface area (Å²) in [6.07, 6.45) is 1.60. The number of hydrogen-bond donors (Lipinski definition) is 1. The third kappa shape index (κ3) is 2.70. The number of hydrogen-bond acceptors (Lipinski definition) is 4. The summed E-state index contributed by atoms with van der Waals surface area (Å²) in [5, 5.41) is 1.26. The molecule has 1 aromatic heterocycles. The van der Waals surface area contributed by atoms with Crippen molar-refractivity contribution in [2.75, 3.05) is 5.73 Å². The van der Waals surface area contributed by atoms with Gasteiger partial charge in [-0.3, -0.25) is 0 Å². The SMILES string of the molecule is Nc1cnc(OCc2ccccc2Br)s1. The lowest BCUT2D eigenvalue weighted by Crippen LogP contribution is -1.95. The van der Waals surface area contributed by atoms with Gasteiger partial charge in [-0.15, -0.1) is 0 Å². The zero-order valence-electron chi connectivity index (χ0n) is 7.81. The summed E-state index contributed by atoms with van der Waals surface area (Å²) in [4.78, 5) is 4.02. The maximum Gasteiger partial charge on any atom is 0.275 e. The number of ether oxygens (including phenoxy) is 1. The molecule has 1 heterocycles. The second-order valence-electron chi connectivity index (χ2n) is 2.91. The number of halogens is 1. The Morgan fingerprint density at radius 2 is 2.20 bits per heavy atom. The number of benzene rings is 1. The molecule has 5 heteroatoms. The molecule has 15 heavy (non-hydrogen) atoms. The van der Waals surface area contributed by atoms with Gasteiger partial charge in [-0.05, 0) is 6.07 Å². The molecule has 2 rings (SSSR count). The van der Waals surface area contributed by atoms with Crippen LogP contribution in [0.5, 0.6) is 5.19 Å². The number of nitrogens with zero attached hydrogens (tertiary/aromatic N) is 1. The topological polar surface area (TPSA) is 48.1 Å². The molecule has 0 fully saturated rings. The zero-order valence-corrected chi connectivity index (χ0v) is 10.2. The largest absolute Gasteiger partial charge is 0.465 e. The summed E-state index contributed by atoms with van der Waals surface area (Å²) in [6, 6.07) is 7.92. The van der Waals surface area contributed by atoms with Crippen LogP contribution < -0.4 is 10.5 Å². The molecule has 0 saturated carbocycles. The highest BCUT2D eigenvalue weighted by molar-refractivity contribution is 9.10. The Kier molecular flexibility index (Phi) is 3.23. The fraction of sp³-hybridized carbons (Fsp3) is 0.100. The Morgan fingerprint density at radius 1 is 1.40 bits per heavy atom. The summed E-state index contributed by atoms with van der Waals surface area (Å²) in [7, 11) is 0. The lowest BCUT2D eigenvalue weighted by atomic mass is 10.2. The van der Waals surface area contributed by atoms with Gasteiger partial charge in [0.1, 0.15) is 11.6 Å². The second kappa shape index (κ2) is 4.63. The Hall–Kier alpha value is -1.07. The number of nitrogens with two attached hydrogens (primary N) is 1. The Balaban J connectivity index is 2.02. The first kappa shape index (κ1) is 10.4. The molecule has 0 spiro atoms. The highest BCUT2D eigenvalue weighted by Gasteiger charge is 2.02. The molecule has 0 aliphatic carbocycles. The zero-order chi connectivity index (χ0) is 10.7. The van der Waals surface area contributed by atoms with Crippen LogP contribution in [0.25, 0.3) is 0 Å². The van der Waals surface area contributed by atoms with Crippen LogP contribution in [-0.4, -0.2) is 4.98 Å². The van der Waals surface area contributed by atoms with Gasteiger partial charge in [0.2, 0.25) is 0 Å². The van der Waals surface area contributed by atoms with Gasteiger partial charge in [0, 0.05) is 10.0 Å². The second-order valence-corrected chi connectivity index (χ2v) is 4.79. The summed E-state index contributed by atoms with van der Waals surface area (Å²) < 4.78 is 6.53. The van der Waals surface area contributed by atoms with Crippen molar-refractivity contribution in [2.45, 2.75) is 6.61 Å². The minimum atomic E-state index is 0.494. The van der Waals surface area contributed by atoms with Gasteiger partial charge in [0.25, 0.3) is 5.19 Å². The normalized spacial score (nSPS) is 10.2. The van der Waals surface area contributed by atoms with Gasteiger partial charge in [0.05, 0.1) is 6.20 Å². The maximum absolute atomic E-state index is 5.54. The molecule has 0 radical (unpaired) electrons. The maximum atomic E-state index is 5.54. The summed E-state index contributed by atoms with van der Waals surface area (Å²) in [5.41, 5.74) is 6.63. The molecule has 2 aromatic rings. The van der Waals surface area contributed by atoms with Crippen LogP contribution in [0.4, 0.5) is 5.00 Å². The molecule has 2 N–H and O–H groups in total. The van der Waals surface area contributed by atoms with Crippen molar-refractivity contribution in [1.82, 2.24) is 4.98 Å². The van der Waals surface area contributed by atoms with Gasteiger partial charge in [0.15, 0.2) is 0 Å². The molecule has 1 aromatic carbocycles. The van der Waals surface area contributed by atoms with E-state index < -0.39 is 0 Å². The van der Waals surface area contributed by atoms with E-state index in [1.807, 2.05) is 24.3 Å². The van der Waals surface area contributed by atoms with E-state index in [2.05, 4.69) is 20.9 Å². The lowest BCUT2D eigenvalue weighted by molar-refractivity contribution is 0.304. The van der Waals surface area contributed by atoms with Gasteiger partial charge in [-0.2, -0.15) is 0 Å². The average Bonchev–Trinajstić information content (AvgIpc) is 2.63. The molecule has 0 aliphatic heterocycles. The van der Waals surface area contributed by atoms with Crippen molar-refractivity contribution >= 4 is 32.3 Å². The van der Waals surface area contributed by atoms with E-state index in [-0.39, 0.29) is 0 Å². The van der Waals surface area contributed by atoms with Crippen LogP contribution in [0.1, 0.15) is 5.56 Å². The minimum Gasteiger partial charge on any atom is -0.465 e. The van der Waals surface area contributed by atoms with Crippen molar-refractivity contribution in [3.8, 4) is 5.19 Å². The average molecular weight is 285 g/mol. The van der Waals surface area contributed by atoms with E-state index >= 15 is 0 Å². The van der Waals surface area contributed by atoms with Crippen LogP contribution >= 0.6 is 27.3 Å². The molecule has 0 atom stereocenters. The predicted octanol–water partition coefficient (Wildman–Crippen LogP) is 3.07. The summed E-state index contributed by atoms with van der Waals surface area (Å²) in [6.45, 7) is 0.494. The molecule has 0 saturated heterocycles. The van der Waals surface area contributed by atoms with Crippen LogP contribution in [0.15, 0.2) is 34.9 Å². The first-order chi connectivity index (χ1) is 7.25. The Bertz CT molecular complexity index is 458. The quantitative estimate of drug-likeness (QED) is 0.942. The Labute approximate surface area is 100 Å². The van der Waals surface area contributed by atoms with Crippen LogP contribution in [0, 0.1) is 0 Å². The van der Waals surface area contributed by atoms with Crippen molar-refractivity contribution in [2.24, 2.45) is 0 Å². The first-order valence-electron chi connectivity index (χ1n) is 4.33. The third-order valence-electron chi connectivity index (χ3n) is 1.81. The van der Waals surface area contributed by atoms with E-state index in [0.717, 1.165) is 10.0 Å². The number of thiazole rings is 1. The number of rotatable bonds is 3. The predicted molar refractivity (Wildman–Crippen MR) is 65.0 cm³/mol. The van der Waals surface area contributed by atoms with Crippen molar-refractivity contribution in [3.05, 3.63) is 40.5 Å². The molecule has 0 aliphatic rings. The highest BCUT2D eigenvalue weighted by atomic mass is 79.9. The van der Waals surface area contributed by atoms with Crippen LogP contribution in [0.2, 0.25) is 0 Å². The molecule has 78 valence electrons. The standard InChI is InChI=1S/C10H9BrN2OS/c11-8-4-2-1-3-7(8)6-14-10-13-5-9(12)15-10/h1-5H,6,12H2. The molecule has 3 nitrogen and oxygen atoms in total. The fourth-order valence-electron chi connectivity index (χ4n) is 1.09. The van der Waals surface area contributed by atoms with Crippen molar-refractivity contribution in [1.29, 1.82) is 0 Å².